The molecule has 126 valence electrons. The summed E-state index contributed by atoms with van der Waals surface area (Å²) in [7, 11) is 2.04. The van der Waals surface area contributed by atoms with Crippen LogP contribution in [0.4, 0.5) is 10.5 Å². The zero-order valence-corrected chi connectivity index (χ0v) is 13.6. The standard InChI is InChI=1S/C17H25N3O3/c1-19(15-6-3-2-4-7-15)11-5-10-18-17(23)20-12-8-14(9-13-20)16(21)22/h2-4,6-7,14H,5,8-13H2,1H3,(H,18,23)(H,21,22). The third kappa shape index (κ3) is 5.16. The van der Waals surface area contributed by atoms with Gasteiger partial charge < -0.3 is 20.2 Å². The summed E-state index contributed by atoms with van der Waals surface area (Å²) in [6.45, 7) is 2.53. The first kappa shape index (κ1) is 17.1. The van der Waals surface area contributed by atoms with Crippen LogP contribution in [-0.2, 0) is 4.79 Å². The van der Waals surface area contributed by atoms with Crippen molar-refractivity contribution in [2.24, 2.45) is 5.92 Å². The highest BCUT2D eigenvalue weighted by Gasteiger charge is 2.26. The number of carbonyl (C=O) groups excluding carboxylic acids is 1. The number of urea groups is 1. The number of rotatable bonds is 6. The Morgan fingerprint density at radius 2 is 1.91 bits per heavy atom. The van der Waals surface area contributed by atoms with E-state index < -0.39 is 5.97 Å². The summed E-state index contributed by atoms with van der Waals surface area (Å²) in [4.78, 5) is 26.8. The number of nitrogens with zero attached hydrogens (tertiary/aromatic N) is 2. The Morgan fingerprint density at radius 1 is 1.26 bits per heavy atom. The van der Waals surface area contributed by atoms with Crippen LogP contribution < -0.4 is 10.2 Å². The predicted octanol–water partition coefficient (Wildman–Crippen LogP) is 2.02. The van der Waals surface area contributed by atoms with Crippen LogP contribution in [0.25, 0.3) is 0 Å². The molecule has 1 aliphatic rings. The van der Waals surface area contributed by atoms with Gasteiger partial charge in [0, 0.05) is 38.9 Å². The molecule has 1 saturated heterocycles. The highest BCUT2D eigenvalue weighted by Crippen LogP contribution is 2.17. The molecular formula is C17H25N3O3. The van der Waals surface area contributed by atoms with Crippen molar-refractivity contribution in [3.05, 3.63) is 30.3 Å². The Morgan fingerprint density at radius 3 is 2.52 bits per heavy atom. The molecule has 0 aliphatic carbocycles. The number of carboxylic acid groups (broad SMARTS) is 1. The molecule has 6 nitrogen and oxygen atoms in total. The summed E-state index contributed by atoms with van der Waals surface area (Å²) in [5.74, 6) is -1.06. The van der Waals surface area contributed by atoms with E-state index in [1.54, 1.807) is 4.90 Å². The fraction of sp³-hybridized carbons (Fsp3) is 0.529. The second kappa shape index (κ2) is 8.41. The minimum Gasteiger partial charge on any atom is -0.481 e. The summed E-state index contributed by atoms with van der Waals surface area (Å²) >= 11 is 0. The first-order chi connectivity index (χ1) is 11.1. The van der Waals surface area contributed by atoms with Crippen LogP contribution in [0.5, 0.6) is 0 Å². The Bertz CT molecular complexity index is 513. The topological polar surface area (TPSA) is 72.9 Å². The number of nitrogens with one attached hydrogen (secondary N) is 1. The van der Waals surface area contributed by atoms with E-state index in [0.717, 1.165) is 18.7 Å². The summed E-state index contributed by atoms with van der Waals surface area (Å²) in [5.41, 5.74) is 1.16. The summed E-state index contributed by atoms with van der Waals surface area (Å²) in [6.07, 6.45) is 1.95. The minimum atomic E-state index is -0.756. The first-order valence-electron chi connectivity index (χ1n) is 8.09. The van der Waals surface area contributed by atoms with Gasteiger partial charge in [0.2, 0.25) is 0 Å². The first-order valence-corrected chi connectivity index (χ1v) is 8.09. The van der Waals surface area contributed by atoms with Crippen LogP contribution in [-0.4, -0.2) is 55.2 Å². The summed E-state index contributed by atoms with van der Waals surface area (Å²) in [5, 5.41) is 11.9. The van der Waals surface area contributed by atoms with Crippen molar-refractivity contribution in [2.75, 3.05) is 38.1 Å². The van der Waals surface area contributed by atoms with E-state index in [1.165, 1.54) is 0 Å². The molecule has 23 heavy (non-hydrogen) atoms. The molecule has 0 bridgehead atoms. The number of para-hydroxylation sites is 1. The van der Waals surface area contributed by atoms with Crippen LogP contribution >= 0.6 is 0 Å². The number of hydrogen-bond donors (Lipinski definition) is 2. The Kier molecular flexibility index (Phi) is 6.26. The number of anilines is 1. The van der Waals surface area contributed by atoms with E-state index in [4.69, 9.17) is 5.11 Å². The van der Waals surface area contributed by atoms with Gasteiger partial charge in [-0.3, -0.25) is 4.79 Å². The average molecular weight is 319 g/mol. The number of carbonyl (C=O) groups is 2. The molecule has 1 aromatic rings. The number of hydrogen-bond acceptors (Lipinski definition) is 3. The molecule has 0 spiro atoms. The predicted molar refractivity (Wildman–Crippen MR) is 89.7 cm³/mol. The molecular weight excluding hydrogens is 294 g/mol. The molecule has 2 amide bonds. The molecule has 0 unspecified atom stereocenters. The molecule has 2 N–H and O–H groups in total. The van der Waals surface area contributed by atoms with Gasteiger partial charge in [-0.2, -0.15) is 0 Å². The van der Waals surface area contributed by atoms with E-state index in [9.17, 15) is 9.59 Å². The molecule has 1 aromatic carbocycles. The largest absolute Gasteiger partial charge is 0.481 e. The third-order valence-electron chi connectivity index (χ3n) is 4.27. The highest BCUT2D eigenvalue weighted by molar-refractivity contribution is 5.75. The van der Waals surface area contributed by atoms with Crippen LogP contribution in [0.1, 0.15) is 19.3 Å². The van der Waals surface area contributed by atoms with E-state index in [1.807, 2.05) is 25.2 Å². The van der Waals surface area contributed by atoms with Crippen molar-refractivity contribution in [3.63, 3.8) is 0 Å². The number of amides is 2. The fourth-order valence-corrected chi connectivity index (χ4v) is 2.76. The van der Waals surface area contributed by atoms with Crippen molar-refractivity contribution < 1.29 is 14.7 Å². The van der Waals surface area contributed by atoms with Crippen molar-refractivity contribution in [2.45, 2.75) is 19.3 Å². The third-order valence-corrected chi connectivity index (χ3v) is 4.27. The summed E-state index contributed by atoms with van der Waals surface area (Å²) in [6, 6.07) is 10.0. The Labute approximate surface area is 137 Å². The molecule has 2 rings (SSSR count). The van der Waals surface area contributed by atoms with Gasteiger partial charge in [0.25, 0.3) is 0 Å². The molecule has 0 saturated carbocycles. The average Bonchev–Trinajstić information content (AvgIpc) is 2.59. The fourth-order valence-electron chi connectivity index (χ4n) is 2.76. The van der Waals surface area contributed by atoms with Crippen LogP contribution in [0.3, 0.4) is 0 Å². The number of benzene rings is 1. The van der Waals surface area contributed by atoms with Gasteiger partial charge in [0.1, 0.15) is 0 Å². The normalized spacial score (nSPS) is 15.3. The van der Waals surface area contributed by atoms with Crippen LogP contribution in [0.2, 0.25) is 0 Å². The smallest absolute Gasteiger partial charge is 0.317 e. The number of likely N-dealkylation sites (tertiary alicyclic amines) is 1. The van der Waals surface area contributed by atoms with Crippen molar-refractivity contribution in [3.8, 4) is 0 Å². The van der Waals surface area contributed by atoms with Gasteiger partial charge in [0.05, 0.1) is 5.92 Å². The number of aliphatic carboxylic acids is 1. The lowest BCUT2D eigenvalue weighted by Crippen LogP contribution is -2.45. The maximum atomic E-state index is 12.0. The monoisotopic (exact) mass is 319 g/mol. The minimum absolute atomic E-state index is 0.0868. The van der Waals surface area contributed by atoms with Gasteiger partial charge in [-0.25, -0.2) is 4.79 Å². The van der Waals surface area contributed by atoms with Gasteiger partial charge >= 0.3 is 12.0 Å². The number of piperidine rings is 1. The van der Waals surface area contributed by atoms with Crippen molar-refractivity contribution in [1.29, 1.82) is 0 Å². The van der Waals surface area contributed by atoms with E-state index in [0.29, 0.717) is 32.5 Å². The van der Waals surface area contributed by atoms with Gasteiger partial charge in [-0.05, 0) is 31.4 Å². The van der Waals surface area contributed by atoms with E-state index in [2.05, 4.69) is 22.3 Å². The maximum Gasteiger partial charge on any atom is 0.317 e. The zero-order valence-electron chi connectivity index (χ0n) is 13.6. The van der Waals surface area contributed by atoms with Gasteiger partial charge in [0.15, 0.2) is 0 Å². The zero-order chi connectivity index (χ0) is 16.7. The lowest BCUT2D eigenvalue weighted by atomic mass is 9.97. The van der Waals surface area contributed by atoms with Crippen LogP contribution in [0.15, 0.2) is 30.3 Å². The molecule has 0 radical (unpaired) electrons. The van der Waals surface area contributed by atoms with Crippen LogP contribution in [0, 0.1) is 5.92 Å². The second-order valence-corrected chi connectivity index (χ2v) is 5.94. The number of carboxylic acids is 1. The Balaban J connectivity index is 1.63. The van der Waals surface area contributed by atoms with Crippen molar-refractivity contribution >= 4 is 17.7 Å². The van der Waals surface area contributed by atoms with E-state index in [-0.39, 0.29) is 11.9 Å². The second-order valence-electron chi connectivity index (χ2n) is 5.94. The van der Waals surface area contributed by atoms with Gasteiger partial charge in [-0.1, -0.05) is 18.2 Å². The lowest BCUT2D eigenvalue weighted by molar-refractivity contribution is -0.143. The van der Waals surface area contributed by atoms with Gasteiger partial charge in [-0.15, -0.1) is 0 Å². The van der Waals surface area contributed by atoms with E-state index >= 15 is 0 Å². The molecule has 1 heterocycles. The molecule has 0 aromatic heterocycles. The maximum absolute atomic E-state index is 12.0. The lowest BCUT2D eigenvalue weighted by Gasteiger charge is -2.30. The molecule has 1 fully saturated rings. The highest BCUT2D eigenvalue weighted by atomic mass is 16.4. The summed E-state index contributed by atoms with van der Waals surface area (Å²) < 4.78 is 0. The van der Waals surface area contributed by atoms with Crippen molar-refractivity contribution in [1.82, 2.24) is 10.2 Å². The molecule has 0 atom stereocenters. The molecule has 6 heteroatoms. The Hall–Kier alpha value is -2.24. The SMILES string of the molecule is CN(CCCNC(=O)N1CCC(C(=O)O)CC1)c1ccccc1. The quantitative estimate of drug-likeness (QED) is 0.787. The molecule has 1 aliphatic heterocycles.